The zero-order chi connectivity index (χ0) is 14.2. The lowest BCUT2D eigenvalue weighted by atomic mass is 10.0. The summed E-state index contributed by atoms with van der Waals surface area (Å²) in [5, 5.41) is 0.749. The van der Waals surface area contributed by atoms with Gasteiger partial charge in [0.15, 0.2) is 0 Å². The third-order valence-corrected chi connectivity index (χ3v) is 3.36. The van der Waals surface area contributed by atoms with E-state index in [0.29, 0.717) is 6.61 Å². The molecule has 0 amide bonds. The van der Waals surface area contributed by atoms with E-state index in [9.17, 15) is 0 Å². The molecule has 1 unspecified atom stereocenters. The van der Waals surface area contributed by atoms with E-state index in [1.165, 1.54) is 5.56 Å². The molecule has 0 saturated carbocycles. The highest BCUT2D eigenvalue weighted by Crippen LogP contribution is 2.13. The van der Waals surface area contributed by atoms with E-state index >= 15 is 0 Å². The number of ether oxygens (including phenoxy) is 1. The quantitative estimate of drug-likeness (QED) is 0.608. The van der Waals surface area contributed by atoms with E-state index in [0.717, 1.165) is 23.6 Å². The number of halogens is 1. The summed E-state index contributed by atoms with van der Waals surface area (Å²) in [5.41, 5.74) is 4.04. The summed E-state index contributed by atoms with van der Waals surface area (Å²) in [6.07, 6.45) is 1.69. The van der Waals surface area contributed by atoms with Crippen LogP contribution in [-0.4, -0.2) is 12.6 Å². The molecule has 3 nitrogen and oxygen atoms in total. The molecule has 2 rings (SSSR count). The van der Waals surface area contributed by atoms with Crippen LogP contribution in [0.15, 0.2) is 54.6 Å². The van der Waals surface area contributed by atoms with E-state index in [1.807, 2.05) is 54.6 Å². The average Bonchev–Trinajstić information content (AvgIpc) is 2.49. The van der Waals surface area contributed by atoms with Gasteiger partial charge in [0.25, 0.3) is 0 Å². The van der Waals surface area contributed by atoms with E-state index in [1.54, 1.807) is 0 Å². The van der Waals surface area contributed by atoms with Gasteiger partial charge in [0.05, 0.1) is 6.61 Å². The number of hydrogen-bond acceptors (Lipinski definition) is 3. The maximum Gasteiger partial charge on any atom is 0.119 e. The highest BCUT2D eigenvalue weighted by molar-refractivity contribution is 6.30. The Morgan fingerprint density at radius 1 is 1.05 bits per heavy atom. The fraction of sp³-hybridized carbons (Fsp3) is 0.250. The van der Waals surface area contributed by atoms with Crippen molar-refractivity contribution in [2.45, 2.75) is 18.9 Å². The van der Waals surface area contributed by atoms with Crippen LogP contribution in [0.5, 0.6) is 5.75 Å². The summed E-state index contributed by atoms with van der Waals surface area (Å²) in [6, 6.07) is 17.8. The first kappa shape index (κ1) is 14.9. The number of benzene rings is 2. The van der Waals surface area contributed by atoms with Crippen LogP contribution < -0.4 is 16.0 Å². The van der Waals surface area contributed by atoms with Crippen LogP contribution in [0.2, 0.25) is 5.02 Å². The molecule has 0 bridgehead atoms. The van der Waals surface area contributed by atoms with Crippen molar-refractivity contribution in [1.82, 2.24) is 5.43 Å². The molecule has 0 fully saturated rings. The summed E-state index contributed by atoms with van der Waals surface area (Å²) in [4.78, 5) is 0. The first-order valence-corrected chi connectivity index (χ1v) is 7.04. The normalized spacial score (nSPS) is 12.1. The number of hydrogen-bond donors (Lipinski definition) is 2. The molecule has 106 valence electrons. The van der Waals surface area contributed by atoms with Gasteiger partial charge in [0.1, 0.15) is 5.75 Å². The van der Waals surface area contributed by atoms with Crippen LogP contribution >= 0.6 is 11.6 Å². The molecule has 0 saturated heterocycles. The maximum atomic E-state index is 5.87. The van der Waals surface area contributed by atoms with Crippen molar-refractivity contribution >= 4 is 11.6 Å². The fourth-order valence-corrected chi connectivity index (χ4v) is 2.11. The van der Waals surface area contributed by atoms with Crippen LogP contribution in [0.4, 0.5) is 0 Å². The molecule has 20 heavy (non-hydrogen) atoms. The molecule has 2 aromatic rings. The number of nitrogens with one attached hydrogen (secondary N) is 1. The number of para-hydroxylation sites is 1. The first-order valence-electron chi connectivity index (χ1n) is 6.66. The van der Waals surface area contributed by atoms with Gasteiger partial charge in [-0.25, -0.2) is 0 Å². The van der Waals surface area contributed by atoms with E-state index in [2.05, 4.69) is 5.43 Å². The second-order valence-corrected chi connectivity index (χ2v) is 5.08. The Hall–Kier alpha value is -1.55. The van der Waals surface area contributed by atoms with E-state index in [-0.39, 0.29) is 6.04 Å². The van der Waals surface area contributed by atoms with Gasteiger partial charge in [-0.3, -0.25) is 11.3 Å². The van der Waals surface area contributed by atoms with Gasteiger partial charge in [-0.05, 0) is 42.7 Å². The van der Waals surface area contributed by atoms with Crippen molar-refractivity contribution in [3.05, 3.63) is 65.2 Å². The third kappa shape index (κ3) is 4.85. The van der Waals surface area contributed by atoms with Crippen molar-refractivity contribution in [3.63, 3.8) is 0 Å². The predicted octanol–water partition coefficient (Wildman–Crippen LogP) is 3.18. The maximum absolute atomic E-state index is 5.87. The van der Waals surface area contributed by atoms with Crippen molar-refractivity contribution in [2.24, 2.45) is 5.84 Å². The summed E-state index contributed by atoms with van der Waals surface area (Å²) >= 11 is 5.87. The Morgan fingerprint density at radius 3 is 2.40 bits per heavy atom. The SMILES string of the molecule is NNC(CCOc1ccccc1)Cc1ccc(Cl)cc1. The zero-order valence-electron chi connectivity index (χ0n) is 11.3. The van der Waals surface area contributed by atoms with Gasteiger partial charge in [0.2, 0.25) is 0 Å². The van der Waals surface area contributed by atoms with Crippen LogP contribution in [0.25, 0.3) is 0 Å². The zero-order valence-corrected chi connectivity index (χ0v) is 12.0. The summed E-state index contributed by atoms with van der Waals surface area (Å²) in [5.74, 6) is 6.48. The Labute approximate surface area is 124 Å². The van der Waals surface area contributed by atoms with Crippen LogP contribution in [0.3, 0.4) is 0 Å². The molecule has 0 spiro atoms. The molecular weight excluding hydrogens is 272 g/mol. The lowest BCUT2D eigenvalue weighted by Gasteiger charge is -2.16. The first-order chi connectivity index (χ1) is 9.78. The Bertz CT molecular complexity index is 502. The fourth-order valence-electron chi connectivity index (χ4n) is 1.99. The number of hydrazine groups is 1. The molecule has 0 aliphatic heterocycles. The van der Waals surface area contributed by atoms with Gasteiger partial charge >= 0.3 is 0 Å². The number of rotatable bonds is 7. The van der Waals surface area contributed by atoms with Crippen molar-refractivity contribution in [3.8, 4) is 5.75 Å². The minimum absolute atomic E-state index is 0.180. The molecule has 1 atom stereocenters. The number of nitrogens with two attached hydrogens (primary N) is 1. The van der Waals surface area contributed by atoms with Crippen LogP contribution in [0.1, 0.15) is 12.0 Å². The highest BCUT2D eigenvalue weighted by atomic mass is 35.5. The molecule has 0 radical (unpaired) electrons. The minimum atomic E-state index is 0.180. The highest BCUT2D eigenvalue weighted by Gasteiger charge is 2.08. The molecule has 2 aromatic carbocycles. The molecule has 0 aromatic heterocycles. The van der Waals surface area contributed by atoms with Gasteiger partial charge in [-0.15, -0.1) is 0 Å². The van der Waals surface area contributed by atoms with Crippen LogP contribution in [0, 0.1) is 0 Å². The third-order valence-electron chi connectivity index (χ3n) is 3.11. The Morgan fingerprint density at radius 2 is 1.75 bits per heavy atom. The lowest BCUT2D eigenvalue weighted by molar-refractivity contribution is 0.285. The van der Waals surface area contributed by atoms with Crippen LogP contribution in [-0.2, 0) is 6.42 Å². The second kappa shape index (κ2) is 7.90. The second-order valence-electron chi connectivity index (χ2n) is 4.64. The van der Waals surface area contributed by atoms with Crippen molar-refractivity contribution in [1.29, 1.82) is 0 Å². The topological polar surface area (TPSA) is 47.3 Å². The van der Waals surface area contributed by atoms with Crippen molar-refractivity contribution in [2.75, 3.05) is 6.61 Å². The average molecular weight is 291 g/mol. The van der Waals surface area contributed by atoms with Gasteiger partial charge in [-0.1, -0.05) is 41.9 Å². The molecule has 0 aliphatic rings. The van der Waals surface area contributed by atoms with Gasteiger partial charge < -0.3 is 4.74 Å². The van der Waals surface area contributed by atoms with E-state index < -0.39 is 0 Å². The summed E-state index contributed by atoms with van der Waals surface area (Å²) < 4.78 is 5.68. The molecule has 0 aliphatic carbocycles. The van der Waals surface area contributed by atoms with Crippen molar-refractivity contribution < 1.29 is 4.74 Å². The monoisotopic (exact) mass is 290 g/mol. The molecule has 4 heteroatoms. The van der Waals surface area contributed by atoms with Gasteiger partial charge in [-0.2, -0.15) is 0 Å². The predicted molar refractivity (Wildman–Crippen MR) is 82.8 cm³/mol. The smallest absolute Gasteiger partial charge is 0.119 e. The standard InChI is InChI=1S/C16H19ClN2O/c17-14-8-6-13(7-9-14)12-15(19-18)10-11-20-16-4-2-1-3-5-16/h1-9,15,19H,10-12,18H2. The minimum Gasteiger partial charge on any atom is -0.494 e. The van der Waals surface area contributed by atoms with E-state index in [4.69, 9.17) is 22.2 Å². The van der Waals surface area contributed by atoms with Gasteiger partial charge in [0, 0.05) is 11.1 Å². The summed E-state index contributed by atoms with van der Waals surface area (Å²) in [6.45, 7) is 0.631. The summed E-state index contributed by atoms with van der Waals surface area (Å²) in [7, 11) is 0. The lowest BCUT2D eigenvalue weighted by Crippen LogP contribution is -2.37. The molecule has 0 heterocycles. The molecular formula is C16H19ClN2O. The Balaban J connectivity index is 1.79. The largest absolute Gasteiger partial charge is 0.494 e. The molecule has 3 N–H and O–H groups in total. The Kier molecular flexibility index (Phi) is 5.87.